The minimum absolute atomic E-state index is 0.00908. The number of nitrogens with zero attached hydrogens (tertiary/aromatic N) is 2. The lowest BCUT2D eigenvalue weighted by atomic mass is 9.98. The third-order valence-electron chi connectivity index (χ3n) is 4.23. The molecule has 120 valence electrons. The minimum atomic E-state index is -0.471. The molecule has 6 nitrogen and oxygen atoms in total. The Morgan fingerprint density at radius 3 is 2.36 bits per heavy atom. The Balaban J connectivity index is 1.92. The van der Waals surface area contributed by atoms with Crippen molar-refractivity contribution in [1.82, 2.24) is 10.2 Å². The first-order valence-electron chi connectivity index (χ1n) is 7.68. The molecule has 1 aliphatic rings. The van der Waals surface area contributed by atoms with E-state index in [0.717, 1.165) is 13.1 Å². The van der Waals surface area contributed by atoms with Crippen LogP contribution in [0.15, 0.2) is 24.3 Å². The number of nitro benzene ring substituents is 1. The molecule has 1 saturated heterocycles. The lowest BCUT2D eigenvalue weighted by Crippen LogP contribution is -2.53. The maximum absolute atomic E-state index is 12.2. The molecule has 1 aliphatic heterocycles. The van der Waals surface area contributed by atoms with E-state index in [0.29, 0.717) is 12.1 Å². The number of nitrogens with one attached hydrogen (secondary N) is 1. The number of carbonyl (C=O) groups is 1. The Bertz CT molecular complexity index is 534. The normalized spacial score (nSPS) is 16.3. The lowest BCUT2D eigenvalue weighted by molar-refractivity contribution is -0.384. The van der Waals surface area contributed by atoms with E-state index >= 15 is 0 Å². The van der Waals surface area contributed by atoms with Crippen molar-refractivity contribution in [2.45, 2.75) is 38.6 Å². The summed E-state index contributed by atoms with van der Waals surface area (Å²) >= 11 is 0. The Kier molecular flexibility index (Phi) is 5.13. The second-order valence-electron chi connectivity index (χ2n) is 6.35. The first-order valence-corrected chi connectivity index (χ1v) is 7.68. The maximum Gasteiger partial charge on any atom is 0.269 e. The third-order valence-corrected chi connectivity index (χ3v) is 4.23. The molecule has 0 atom stereocenters. The van der Waals surface area contributed by atoms with Gasteiger partial charge in [-0.05, 0) is 51.9 Å². The summed E-state index contributed by atoms with van der Waals surface area (Å²) in [7, 11) is 0. The van der Waals surface area contributed by atoms with Crippen molar-refractivity contribution in [3.63, 3.8) is 0 Å². The van der Waals surface area contributed by atoms with Gasteiger partial charge in [-0.25, -0.2) is 0 Å². The van der Waals surface area contributed by atoms with Crippen LogP contribution in [-0.4, -0.2) is 40.9 Å². The van der Waals surface area contributed by atoms with Crippen LogP contribution in [0.25, 0.3) is 0 Å². The van der Waals surface area contributed by atoms with Gasteiger partial charge >= 0.3 is 0 Å². The number of benzene rings is 1. The molecule has 0 saturated carbocycles. The minimum Gasteiger partial charge on any atom is -0.350 e. The van der Waals surface area contributed by atoms with Crippen molar-refractivity contribution in [3.05, 3.63) is 39.9 Å². The summed E-state index contributed by atoms with van der Waals surface area (Å²) < 4.78 is 0. The van der Waals surface area contributed by atoms with E-state index in [9.17, 15) is 14.9 Å². The summed E-state index contributed by atoms with van der Waals surface area (Å²) in [6.07, 6.45) is 3.70. The van der Waals surface area contributed by atoms with E-state index in [1.165, 1.54) is 43.5 Å². The Hall–Kier alpha value is -1.95. The molecular weight excluding hydrogens is 282 g/mol. The topological polar surface area (TPSA) is 75.5 Å². The van der Waals surface area contributed by atoms with Crippen LogP contribution in [0, 0.1) is 10.1 Å². The fourth-order valence-electron chi connectivity index (χ4n) is 2.74. The number of rotatable bonds is 5. The van der Waals surface area contributed by atoms with Crippen LogP contribution in [0.5, 0.6) is 0 Å². The SMILES string of the molecule is CC(C)(CNC(=O)c1ccc([N+](=O)[O-])cc1)N1CCCCC1. The molecule has 1 fully saturated rings. The summed E-state index contributed by atoms with van der Waals surface area (Å²) in [4.78, 5) is 24.7. The van der Waals surface area contributed by atoms with Gasteiger partial charge in [-0.1, -0.05) is 6.42 Å². The highest BCUT2D eigenvalue weighted by molar-refractivity contribution is 5.94. The van der Waals surface area contributed by atoms with E-state index in [-0.39, 0.29) is 17.1 Å². The predicted molar refractivity (Wildman–Crippen MR) is 84.9 cm³/mol. The van der Waals surface area contributed by atoms with Gasteiger partial charge in [-0.2, -0.15) is 0 Å². The molecule has 1 amide bonds. The number of nitro groups is 1. The third kappa shape index (κ3) is 4.04. The molecule has 0 bridgehead atoms. The van der Waals surface area contributed by atoms with Crippen molar-refractivity contribution in [2.24, 2.45) is 0 Å². The molecule has 6 heteroatoms. The van der Waals surface area contributed by atoms with Crippen molar-refractivity contribution < 1.29 is 9.72 Å². The summed E-state index contributed by atoms with van der Waals surface area (Å²) in [6, 6.07) is 5.68. The zero-order valence-corrected chi connectivity index (χ0v) is 13.2. The van der Waals surface area contributed by atoms with Crippen LogP contribution in [0.1, 0.15) is 43.5 Å². The summed E-state index contributed by atoms with van der Waals surface area (Å²) in [5.74, 6) is -0.194. The van der Waals surface area contributed by atoms with Gasteiger partial charge in [0.1, 0.15) is 0 Å². The second-order valence-corrected chi connectivity index (χ2v) is 6.35. The van der Waals surface area contributed by atoms with E-state index < -0.39 is 4.92 Å². The molecule has 1 aromatic rings. The Labute approximate surface area is 130 Å². The molecule has 0 aliphatic carbocycles. The first kappa shape index (κ1) is 16.4. The van der Waals surface area contributed by atoms with Gasteiger partial charge in [0, 0.05) is 29.8 Å². The number of hydrogen-bond donors (Lipinski definition) is 1. The summed E-state index contributed by atoms with van der Waals surface area (Å²) in [6.45, 7) is 6.96. The van der Waals surface area contributed by atoms with Gasteiger partial charge in [-0.3, -0.25) is 19.8 Å². The fraction of sp³-hybridized carbons (Fsp3) is 0.562. The number of amides is 1. The van der Waals surface area contributed by atoms with E-state index in [4.69, 9.17) is 0 Å². The fourth-order valence-corrected chi connectivity index (χ4v) is 2.74. The lowest BCUT2D eigenvalue weighted by Gasteiger charge is -2.41. The van der Waals surface area contributed by atoms with Gasteiger partial charge in [0.05, 0.1) is 4.92 Å². The van der Waals surface area contributed by atoms with Crippen molar-refractivity contribution in [1.29, 1.82) is 0 Å². The van der Waals surface area contributed by atoms with Crippen LogP contribution in [-0.2, 0) is 0 Å². The van der Waals surface area contributed by atoms with Crippen LogP contribution in [0.3, 0.4) is 0 Å². The summed E-state index contributed by atoms with van der Waals surface area (Å²) in [5.41, 5.74) is 0.349. The zero-order valence-electron chi connectivity index (χ0n) is 13.2. The number of non-ortho nitro benzene ring substituents is 1. The van der Waals surface area contributed by atoms with Crippen molar-refractivity contribution in [3.8, 4) is 0 Å². The maximum atomic E-state index is 12.2. The second kappa shape index (κ2) is 6.87. The van der Waals surface area contributed by atoms with Gasteiger partial charge in [0.15, 0.2) is 0 Å². The largest absolute Gasteiger partial charge is 0.350 e. The van der Waals surface area contributed by atoms with E-state index in [2.05, 4.69) is 24.1 Å². The molecule has 0 radical (unpaired) electrons. The van der Waals surface area contributed by atoms with Crippen molar-refractivity contribution >= 4 is 11.6 Å². The van der Waals surface area contributed by atoms with Crippen LogP contribution in [0.4, 0.5) is 5.69 Å². The smallest absolute Gasteiger partial charge is 0.269 e. The molecule has 0 spiro atoms. The number of likely N-dealkylation sites (tertiary alicyclic amines) is 1. The number of piperidine rings is 1. The van der Waals surface area contributed by atoms with Gasteiger partial charge in [0.25, 0.3) is 11.6 Å². The molecule has 22 heavy (non-hydrogen) atoms. The molecule has 1 heterocycles. The molecule has 2 rings (SSSR count). The van der Waals surface area contributed by atoms with Gasteiger partial charge in [0.2, 0.25) is 0 Å². The zero-order chi connectivity index (χ0) is 16.2. The van der Waals surface area contributed by atoms with Gasteiger partial charge < -0.3 is 5.32 Å². The molecule has 0 unspecified atom stereocenters. The summed E-state index contributed by atoms with van der Waals surface area (Å²) in [5, 5.41) is 13.5. The number of hydrogen-bond acceptors (Lipinski definition) is 4. The number of carbonyl (C=O) groups excluding carboxylic acids is 1. The molecule has 1 aromatic carbocycles. The van der Waals surface area contributed by atoms with E-state index in [1.54, 1.807) is 0 Å². The highest BCUT2D eigenvalue weighted by atomic mass is 16.6. The van der Waals surface area contributed by atoms with E-state index in [1.807, 2.05) is 0 Å². The average molecular weight is 305 g/mol. The average Bonchev–Trinajstić information content (AvgIpc) is 2.53. The molecule has 1 N–H and O–H groups in total. The first-order chi connectivity index (χ1) is 10.4. The quantitative estimate of drug-likeness (QED) is 0.670. The monoisotopic (exact) mass is 305 g/mol. The van der Waals surface area contributed by atoms with Gasteiger partial charge in [-0.15, -0.1) is 0 Å². The standard InChI is InChI=1S/C16H23N3O3/c1-16(2,18-10-4-3-5-11-18)12-17-15(20)13-6-8-14(9-7-13)19(21)22/h6-9H,3-5,10-12H2,1-2H3,(H,17,20). The highest BCUT2D eigenvalue weighted by Gasteiger charge is 2.28. The predicted octanol–water partition coefficient (Wildman–Crippen LogP) is 2.59. The highest BCUT2D eigenvalue weighted by Crippen LogP contribution is 2.20. The molecular formula is C16H23N3O3. The van der Waals surface area contributed by atoms with Crippen LogP contribution >= 0.6 is 0 Å². The Morgan fingerprint density at radius 2 is 1.82 bits per heavy atom. The van der Waals surface area contributed by atoms with Crippen molar-refractivity contribution in [2.75, 3.05) is 19.6 Å². The van der Waals surface area contributed by atoms with Crippen LogP contribution in [0.2, 0.25) is 0 Å². The molecule has 0 aromatic heterocycles. The Morgan fingerprint density at radius 1 is 1.23 bits per heavy atom. The van der Waals surface area contributed by atoms with Crippen LogP contribution < -0.4 is 5.32 Å².